The van der Waals surface area contributed by atoms with Gasteiger partial charge in [-0.05, 0) is 18.6 Å². The van der Waals surface area contributed by atoms with E-state index in [4.69, 9.17) is 4.42 Å². The second-order valence-corrected chi connectivity index (χ2v) is 7.55. The molecule has 4 aromatic rings. The number of halogens is 6. The second kappa shape index (κ2) is 7.85. The van der Waals surface area contributed by atoms with E-state index < -0.39 is 52.8 Å². The molecule has 4 rings (SSSR count). The van der Waals surface area contributed by atoms with Gasteiger partial charge in [-0.1, -0.05) is 19.1 Å². The van der Waals surface area contributed by atoms with Gasteiger partial charge < -0.3 is 4.42 Å². The van der Waals surface area contributed by atoms with Crippen LogP contribution in [0.3, 0.4) is 0 Å². The van der Waals surface area contributed by atoms with Crippen molar-refractivity contribution >= 4 is 27.7 Å². The molecule has 3 heterocycles. The van der Waals surface area contributed by atoms with Crippen molar-refractivity contribution in [3.8, 4) is 11.6 Å². The van der Waals surface area contributed by atoms with E-state index >= 15 is 0 Å². The molecule has 1 aromatic carbocycles. The first-order valence-corrected chi connectivity index (χ1v) is 9.78. The first-order chi connectivity index (χ1) is 15.5. The van der Waals surface area contributed by atoms with Crippen molar-refractivity contribution in [1.82, 2.24) is 19.7 Å². The van der Waals surface area contributed by atoms with Crippen LogP contribution in [-0.4, -0.2) is 32.3 Å². The highest BCUT2D eigenvalue weighted by Crippen LogP contribution is 2.41. The molecule has 0 aliphatic carbocycles. The summed E-state index contributed by atoms with van der Waals surface area (Å²) in [6.07, 6.45) is -3.92. The standard InChI is InChI=1S/C21H16F6N4O2/c1-3-10(8-22)19(32)31-14(18-30-28-9-33-18)6-11-4-5-12-13(21(25,26)27)7-15(20(2,23)24)29-16(12)17(11)31/h4-7,9-10H,3,8H2,1-2H3. The van der Waals surface area contributed by atoms with Gasteiger partial charge in [0.15, 0.2) is 0 Å². The Kier molecular flexibility index (Phi) is 5.41. The first-order valence-electron chi connectivity index (χ1n) is 9.78. The quantitative estimate of drug-likeness (QED) is 0.334. The average molecular weight is 470 g/mol. The predicted molar refractivity (Wildman–Crippen MR) is 105 cm³/mol. The number of hydrogen-bond acceptors (Lipinski definition) is 5. The molecule has 0 aliphatic rings. The number of carbonyl (C=O) groups excluding carboxylic acids is 1. The summed E-state index contributed by atoms with van der Waals surface area (Å²) in [5.74, 6) is -5.80. The Morgan fingerprint density at radius 1 is 1.18 bits per heavy atom. The molecule has 0 saturated heterocycles. The number of hydrogen-bond donors (Lipinski definition) is 0. The van der Waals surface area contributed by atoms with Gasteiger partial charge in [0.25, 0.3) is 11.8 Å². The molecule has 3 aromatic heterocycles. The number of nitrogens with zero attached hydrogens (tertiary/aromatic N) is 4. The van der Waals surface area contributed by atoms with E-state index in [0.717, 1.165) is 17.0 Å². The summed E-state index contributed by atoms with van der Waals surface area (Å²) in [4.78, 5) is 17.1. The number of carbonyl (C=O) groups is 1. The van der Waals surface area contributed by atoms with E-state index in [1.807, 2.05) is 0 Å². The summed E-state index contributed by atoms with van der Waals surface area (Å²) in [6, 6.07) is 4.04. The Morgan fingerprint density at radius 3 is 2.45 bits per heavy atom. The molecular weight excluding hydrogens is 454 g/mol. The molecule has 1 atom stereocenters. The van der Waals surface area contributed by atoms with Crippen LogP contribution in [-0.2, 0) is 12.1 Å². The van der Waals surface area contributed by atoms with E-state index in [1.54, 1.807) is 6.92 Å². The zero-order valence-electron chi connectivity index (χ0n) is 17.3. The topological polar surface area (TPSA) is 73.8 Å². The molecule has 6 nitrogen and oxygen atoms in total. The van der Waals surface area contributed by atoms with Crippen molar-refractivity contribution in [2.45, 2.75) is 32.4 Å². The van der Waals surface area contributed by atoms with Crippen molar-refractivity contribution < 1.29 is 35.6 Å². The van der Waals surface area contributed by atoms with E-state index in [0.29, 0.717) is 13.0 Å². The van der Waals surface area contributed by atoms with Crippen LogP contribution in [0.2, 0.25) is 0 Å². The normalized spacial score (nSPS) is 13.7. The zero-order chi connectivity index (χ0) is 24.1. The van der Waals surface area contributed by atoms with Gasteiger partial charge in [0.05, 0.1) is 22.5 Å². The molecule has 0 fully saturated rings. The summed E-state index contributed by atoms with van der Waals surface area (Å²) < 4.78 is 89.2. The van der Waals surface area contributed by atoms with E-state index in [1.165, 1.54) is 12.1 Å². The van der Waals surface area contributed by atoms with Gasteiger partial charge >= 0.3 is 6.18 Å². The lowest BCUT2D eigenvalue weighted by Gasteiger charge is -2.18. The maximum Gasteiger partial charge on any atom is 0.417 e. The molecular formula is C21H16F6N4O2. The van der Waals surface area contributed by atoms with Crippen LogP contribution in [0.1, 0.15) is 36.3 Å². The fourth-order valence-electron chi connectivity index (χ4n) is 3.64. The molecule has 1 unspecified atom stereocenters. The third-order valence-corrected chi connectivity index (χ3v) is 5.33. The number of aromatic nitrogens is 4. The van der Waals surface area contributed by atoms with Crippen LogP contribution in [0.5, 0.6) is 0 Å². The second-order valence-electron chi connectivity index (χ2n) is 7.55. The lowest BCUT2D eigenvalue weighted by atomic mass is 10.0. The van der Waals surface area contributed by atoms with Gasteiger partial charge in [0.2, 0.25) is 12.3 Å². The van der Waals surface area contributed by atoms with Gasteiger partial charge in [-0.25, -0.2) is 4.98 Å². The Morgan fingerprint density at radius 2 is 1.91 bits per heavy atom. The molecule has 0 spiro atoms. The van der Waals surface area contributed by atoms with Gasteiger partial charge in [0.1, 0.15) is 18.1 Å². The van der Waals surface area contributed by atoms with Crippen LogP contribution in [0, 0.1) is 5.92 Å². The minimum Gasteiger partial charge on any atom is -0.422 e. The van der Waals surface area contributed by atoms with E-state index in [-0.39, 0.29) is 28.9 Å². The molecule has 174 valence electrons. The van der Waals surface area contributed by atoms with Crippen LogP contribution >= 0.6 is 0 Å². The van der Waals surface area contributed by atoms with Crippen molar-refractivity contribution in [3.05, 3.63) is 41.9 Å². The third-order valence-electron chi connectivity index (χ3n) is 5.33. The number of rotatable bonds is 5. The molecule has 0 bridgehead atoms. The summed E-state index contributed by atoms with van der Waals surface area (Å²) >= 11 is 0. The molecule has 12 heteroatoms. The summed E-state index contributed by atoms with van der Waals surface area (Å²) in [7, 11) is 0. The number of pyridine rings is 1. The van der Waals surface area contributed by atoms with Crippen molar-refractivity contribution in [2.24, 2.45) is 5.92 Å². The molecule has 0 saturated carbocycles. The Hall–Kier alpha value is -3.44. The lowest BCUT2D eigenvalue weighted by Crippen LogP contribution is -2.24. The molecule has 0 amide bonds. The van der Waals surface area contributed by atoms with E-state index in [2.05, 4.69) is 15.2 Å². The average Bonchev–Trinajstić information content (AvgIpc) is 3.39. The minimum atomic E-state index is -4.98. The fourth-order valence-corrected chi connectivity index (χ4v) is 3.64. The number of fused-ring (bicyclic) bond motifs is 3. The Balaban J connectivity index is 2.20. The zero-order valence-corrected chi connectivity index (χ0v) is 17.3. The van der Waals surface area contributed by atoms with Crippen LogP contribution in [0.4, 0.5) is 26.3 Å². The van der Waals surface area contributed by atoms with E-state index in [9.17, 15) is 31.1 Å². The van der Waals surface area contributed by atoms with Gasteiger partial charge in [0, 0.05) is 17.7 Å². The highest BCUT2D eigenvalue weighted by molar-refractivity contribution is 6.11. The lowest BCUT2D eigenvalue weighted by molar-refractivity contribution is -0.136. The summed E-state index contributed by atoms with van der Waals surface area (Å²) in [5.41, 5.74) is -3.13. The SMILES string of the molecule is CCC(CF)C(=O)n1c(-c2nnco2)cc2ccc3c(C(F)(F)F)cc(C(C)(F)F)nc3c21. The van der Waals surface area contributed by atoms with Gasteiger partial charge in [-0.15, -0.1) is 10.2 Å². The summed E-state index contributed by atoms with van der Waals surface area (Å²) in [5, 5.41) is 6.97. The van der Waals surface area contributed by atoms with Gasteiger partial charge in [-0.3, -0.25) is 13.8 Å². The number of alkyl halides is 6. The van der Waals surface area contributed by atoms with Crippen LogP contribution < -0.4 is 0 Å². The molecule has 33 heavy (non-hydrogen) atoms. The Bertz CT molecular complexity index is 1340. The van der Waals surface area contributed by atoms with Crippen LogP contribution in [0.25, 0.3) is 33.4 Å². The first kappa shape index (κ1) is 22.7. The van der Waals surface area contributed by atoms with Crippen molar-refractivity contribution in [3.63, 3.8) is 0 Å². The van der Waals surface area contributed by atoms with Crippen LogP contribution in [0.15, 0.2) is 35.1 Å². The van der Waals surface area contributed by atoms with Gasteiger partial charge in [-0.2, -0.15) is 22.0 Å². The molecule has 0 aliphatic heterocycles. The minimum absolute atomic E-state index is 0.0177. The highest BCUT2D eigenvalue weighted by Gasteiger charge is 2.38. The molecule has 0 radical (unpaired) electrons. The summed E-state index contributed by atoms with van der Waals surface area (Å²) in [6.45, 7) is 0.947. The maximum absolute atomic E-state index is 14.1. The maximum atomic E-state index is 14.1. The van der Waals surface area contributed by atoms with Crippen molar-refractivity contribution in [2.75, 3.05) is 6.67 Å². The third kappa shape index (κ3) is 3.83. The smallest absolute Gasteiger partial charge is 0.417 e. The van der Waals surface area contributed by atoms with Crippen molar-refractivity contribution in [1.29, 1.82) is 0 Å². The monoisotopic (exact) mass is 470 g/mol. The Labute approximate surface area is 182 Å². The number of benzene rings is 1. The molecule has 0 N–H and O–H groups in total. The fraction of sp³-hybridized carbons (Fsp3) is 0.333. The highest BCUT2D eigenvalue weighted by atomic mass is 19.4. The largest absolute Gasteiger partial charge is 0.422 e. The predicted octanol–water partition coefficient (Wildman–Crippen LogP) is 6.01.